The predicted molar refractivity (Wildman–Crippen MR) is 181 cm³/mol. The van der Waals surface area contributed by atoms with E-state index >= 15 is 0 Å². The minimum atomic E-state index is 0.625. The number of hydrogen-bond acceptors (Lipinski definition) is 4. The molecular weight excluding hydrogens is 516 g/mol. The van der Waals surface area contributed by atoms with Gasteiger partial charge in [0.2, 0.25) is 12.2 Å². The Morgan fingerprint density at radius 2 is 0.810 bits per heavy atom. The van der Waals surface area contributed by atoms with Crippen LogP contribution < -0.4 is 0 Å². The normalized spacial score (nSPS) is 19.7. The maximum absolute atomic E-state index is 10.3. The van der Waals surface area contributed by atoms with Gasteiger partial charge in [-0.1, -0.05) is 155 Å². The van der Waals surface area contributed by atoms with Crippen LogP contribution in [-0.2, 0) is 9.59 Å². The summed E-state index contributed by atoms with van der Waals surface area (Å²) in [6.07, 6.45) is 43.0. The molecule has 0 amide bonds. The average molecular weight is 587 g/mol. The van der Waals surface area contributed by atoms with Crippen LogP contribution in [0.2, 0.25) is 0 Å². The van der Waals surface area contributed by atoms with Gasteiger partial charge in [0.25, 0.3) is 0 Å². The second-order valence-corrected chi connectivity index (χ2v) is 13.7. The van der Waals surface area contributed by atoms with E-state index in [0.717, 1.165) is 24.7 Å². The Bertz CT molecular complexity index is 697. The summed E-state index contributed by atoms with van der Waals surface area (Å²) in [5.41, 5.74) is 0.625. The van der Waals surface area contributed by atoms with E-state index in [1.807, 2.05) is 0 Å². The van der Waals surface area contributed by atoms with Crippen molar-refractivity contribution in [3.05, 3.63) is 0 Å². The molecule has 4 nitrogen and oxygen atoms in total. The van der Waals surface area contributed by atoms with Gasteiger partial charge < -0.3 is 0 Å². The van der Waals surface area contributed by atoms with Gasteiger partial charge in [-0.25, -0.2) is 19.6 Å². The van der Waals surface area contributed by atoms with Gasteiger partial charge >= 0.3 is 0 Å². The van der Waals surface area contributed by atoms with Crippen LogP contribution >= 0.6 is 0 Å². The molecule has 0 aromatic carbocycles. The monoisotopic (exact) mass is 587 g/mol. The number of rotatable bonds is 32. The first-order valence-corrected chi connectivity index (χ1v) is 18.8. The first-order chi connectivity index (χ1) is 20.7. The van der Waals surface area contributed by atoms with Crippen molar-refractivity contribution in [1.82, 2.24) is 0 Å². The van der Waals surface area contributed by atoms with E-state index in [9.17, 15) is 9.59 Å². The Morgan fingerprint density at radius 1 is 0.476 bits per heavy atom. The number of carbonyl (C=O) groups excluding carboxylic acids is 2. The van der Waals surface area contributed by atoms with E-state index in [1.54, 1.807) is 12.2 Å². The smallest absolute Gasteiger partial charge is 0.211 e. The van der Waals surface area contributed by atoms with E-state index in [0.29, 0.717) is 18.5 Å². The maximum Gasteiger partial charge on any atom is 0.234 e. The Morgan fingerprint density at radius 3 is 1.19 bits per heavy atom. The molecule has 0 aliphatic heterocycles. The van der Waals surface area contributed by atoms with Crippen molar-refractivity contribution in [3.8, 4) is 0 Å². The van der Waals surface area contributed by atoms with Crippen molar-refractivity contribution in [2.45, 2.75) is 200 Å². The zero-order chi connectivity index (χ0) is 30.4. The van der Waals surface area contributed by atoms with Crippen molar-refractivity contribution in [2.24, 2.45) is 27.2 Å². The molecule has 3 atom stereocenters. The van der Waals surface area contributed by atoms with Gasteiger partial charge in [-0.15, -0.1) is 0 Å². The molecule has 0 N–H and O–H groups in total. The van der Waals surface area contributed by atoms with Crippen molar-refractivity contribution < 1.29 is 9.59 Å². The summed E-state index contributed by atoms with van der Waals surface area (Å²) in [5, 5.41) is 0. The molecule has 0 bridgehead atoms. The third kappa shape index (κ3) is 18.4. The molecule has 0 spiro atoms. The number of aliphatic imine (C=N–C) groups is 2. The van der Waals surface area contributed by atoms with Crippen LogP contribution in [0.1, 0.15) is 200 Å². The zero-order valence-corrected chi connectivity index (χ0v) is 28.3. The highest BCUT2D eigenvalue weighted by Crippen LogP contribution is 2.61. The lowest BCUT2D eigenvalue weighted by atomic mass is 9.47. The van der Waals surface area contributed by atoms with Crippen molar-refractivity contribution in [1.29, 1.82) is 0 Å². The van der Waals surface area contributed by atoms with Crippen molar-refractivity contribution in [2.75, 3.05) is 13.1 Å². The fourth-order valence-corrected chi connectivity index (χ4v) is 7.88. The molecule has 244 valence electrons. The standard InChI is InChI=1S/C38H70N2O2/c1-3-5-7-9-15-21-27-36-33-37(28-22-16-11-13-19-25-31-39-34-41)38(36,29-23-17-10-8-6-4-2)30-24-18-12-14-20-26-32-40-35-42/h36-37H,3-33H2,1-2H3. The topological polar surface area (TPSA) is 58.9 Å². The van der Waals surface area contributed by atoms with Crippen LogP contribution in [0, 0.1) is 17.3 Å². The molecule has 42 heavy (non-hydrogen) atoms. The highest BCUT2D eigenvalue weighted by atomic mass is 16.1. The highest BCUT2D eigenvalue weighted by molar-refractivity contribution is 5.32. The Balaban J connectivity index is 2.65. The molecule has 3 unspecified atom stereocenters. The number of nitrogens with zero attached hydrogens (tertiary/aromatic N) is 2. The fourth-order valence-electron chi connectivity index (χ4n) is 7.88. The zero-order valence-electron chi connectivity index (χ0n) is 28.3. The maximum atomic E-state index is 10.3. The van der Waals surface area contributed by atoms with Crippen molar-refractivity contribution >= 4 is 12.2 Å². The van der Waals surface area contributed by atoms with Gasteiger partial charge in [0.05, 0.1) is 13.1 Å². The van der Waals surface area contributed by atoms with Gasteiger partial charge in [0.1, 0.15) is 0 Å². The van der Waals surface area contributed by atoms with E-state index in [2.05, 4.69) is 23.8 Å². The Hall–Kier alpha value is -1.24. The lowest BCUT2D eigenvalue weighted by molar-refractivity contribution is -0.0833. The van der Waals surface area contributed by atoms with Crippen LogP contribution in [0.5, 0.6) is 0 Å². The van der Waals surface area contributed by atoms with E-state index in [1.165, 1.54) is 173 Å². The molecular formula is C38H70N2O2. The van der Waals surface area contributed by atoms with Gasteiger partial charge in [-0.2, -0.15) is 0 Å². The van der Waals surface area contributed by atoms with Crippen LogP contribution in [0.15, 0.2) is 9.98 Å². The summed E-state index contributed by atoms with van der Waals surface area (Å²) in [5.74, 6) is 1.94. The number of unbranched alkanes of at least 4 members (excludes halogenated alkanes) is 20. The lowest BCUT2D eigenvalue weighted by Crippen LogP contribution is -2.49. The summed E-state index contributed by atoms with van der Waals surface area (Å²) >= 11 is 0. The van der Waals surface area contributed by atoms with Gasteiger partial charge in [0.15, 0.2) is 0 Å². The third-order valence-corrected chi connectivity index (χ3v) is 10.5. The molecule has 1 saturated carbocycles. The Kier molecular flexibility index (Phi) is 26.3. The van der Waals surface area contributed by atoms with E-state index in [4.69, 9.17) is 0 Å². The number of hydrogen-bond donors (Lipinski definition) is 0. The molecule has 0 heterocycles. The van der Waals surface area contributed by atoms with Crippen LogP contribution in [-0.4, -0.2) is 25.2 Å². The lowest BCUT2D eigenvalue weighted by Gasteiger charge is -2.58. The van der Waals surface area contributed by atoms with E-state index in [-0.39, 0.29) is 0 Å². The van der Waals surface area contributed by atoms with Crippen LogP contribution in [0.25, 0.3) is 0 Å². The summed E-state index contributed by atoms with van der Waals surface area (Å²) in [6.45, 7) is 5.95. The molecule has 1 aliphatic carbocycles. The largest absolute Gasteiger partial charge is 0.234 e. The second kappa shape index (κ2) is 28.5. The SMILES string of the molecule is CCCCCCCCC1CC(CCCCCCCCN=C=O)C1(CCCCCCCC)CCCCCCCCN=C=O. The summed E-state index contributed by atoms with van der Waals surface area (Å²) < 4.78 is 0. The van der Waals surface area contributed by atoms with Gasteiger partial charge in [-0.3, -0.25) is 0 Å². The molecule has 0 aromatic rings. The molecule has 1 aliphatic rings. The molecule has 0 saturated heterocycles. The van der Waals surface area contributed by atoms with E-state index < -0.39 is 0 Å². The van der Waals surface area contributed by atoms with Crippen LogP contribution in [0.3, 0.4) is 0 Å². The quantitative estimate of drug-likeness (QED) is 0.0447. The fraction of sp³-hybridized carbons (Fsp3) is 0.947. The predicted octanol–water partition coefficient (Wildman–Crippen LogP) is 12.2. The molecule has 1 rings (SSSR count). The minimum Gasteiger partial charge on any atom is -0.211 e. The van der Waals surface area contributed by atoms with Gasteiger partial charge in [0, 0.05) is 0 Å². The van der Waals surface area contributed by atoms with Gasteiger partial charge in [-0.05, 0) is 62.2 Å². The summed E-state index contributed by atoms with van der Waals surface area (Å²) in [7, 11) is 0. The third-order valence-electron chi connectivity index (χ3n) is 10.5. The first kappa shape index (κ1) is 38.8. The van der Waals surface area contributed by atoms with Crippen LogP contribution in [0.4, 0.5) is 0 Å². The Labute approximate surface area is 261 Å². The summed E-state index contributed by atoms with van der Waals surface area (Å²) in [4.78, 5) is 27.9. The highest BCUT2D eigenvalue weighted by Gasteiger charge is 2.52. The molecule has 4 heteroatoms. The summed E-state index contributed by atoms with van der Waals surface area (Å²) in [6, 6.07) is 0. The molecule has 1 fully saturated rings. The molecule has 0 aromatic heterocycles. The number of isocyanates is 2. The average Bonchev–Trinajstić information content (AvgIpc) is 2.99. The minimum absolute atomic E-state index is 0.625. The molecule has 0 radical (unpaired) electrons. The second-order valence-electron chi connectivity index (χ2n) is 13.7. The first-order valence-electron chi connectivity index (χ1n) is 18.8. The van der Waals surface area contributed by atoms with Crippen molar-refractivity contribution in [3.63, 3.8) is 0 Å².